The molecule has 0 bridgehead atoms. The molecule has 0 saturated carbocycles. The fraction of sp³-hybridized carbons (Fsp3) is 0.278. The third kappa shape index (κ3) is 3.12. The first-order valence-electron chi connectivity index (χ1n) is 7.28. The number of benzene rings is 2. The maximum absolute atomic E-state index is 12.0. The van der Waals surface area contributed by atoms with Gasteiger partial charge in [0.15, 0.2) is 6.10 Å². The first kappa shape index (κ1) is 14.6. The Morgan fingerprint density at radius 2 is 1.68 bits per heavy atom. The van der Waals surface area contributed by atoms with Crippen molar-refractivity contribution >= 4 is 5.97 Å². The van der Waals surface area contributed by atoms with E-state index in [2.05, 4.69) is 0 Å². The van der Waals surface area contributed by atoms with E-state index in [4.69, 9.17) is 14.2 Å². The average Bonchev–Trinajstić information content (AvgIpc) is 3.27. The number of rotatable bonds is 6. The molecule has 4 nitrogen and oxygen atoms in total. The van der Waals surface area contributed by atoms with Gasteiger partial charge in [-0.25, -0.2) is 4.79 Å². The summed E-state index contributed by atoms with van der Waals surface area (Å²) in [5, 5.41) is 0. The lowest BCUT2D eigenvalue weighted by atomic mass is 9.97. The van der Waals surface area contributed by atoms with Crippen LogP contribution in [-0.4, -0.2) is 25.3 Å². The fourth-order valence-corrected chi connectivity index (χ4v) is 2.37. The molecule has 2 aromatic rings. The van der Waals surface area contributed by atoms with Gasteiger partial charge in [-0.3, -0.25) is 0 Å². The highest BCUT2D eigenvalue weighted by molar-refractivity contribution is 5.79. The van der Waals surface area contributed by atoms with Crippen LogP contribution in [0.4, 0.5) is 0 Å². The summed E-state index contributed by atoms with van der Waals surface area (Å²) in [4.78, 5) is 12.0. The Kier molecular flexibility index (Phi) is 4.11. The SMILES string of the molecule is CC1(c2ccccc2)OC1C(=O)OCCOc1ccccc1. The van der Waals surface area contributed by atoms with Crippen LogP contribution in [0.2, 0.25) is 0 Å². The van der Waals surface area contributed by atoms with E-state index < -0.39 is 11.7 Å². The standard InChI is InChI=1S/C18H18O4/c1-18(14-8-4-2-5-9-14)16(22-18)17(19)21-13-12-20-15-10-6-3-7-11-15/h2-11,16H,12-13H2,1H3. The normalized spacial score (nSPS) is 22.9. The molecule has 0 spiro atoms. The molecule has 0 amide bonds. The van der Waals surface area contributed by atoms with E-state index in [9.17, 15) is 4.79 Å². The van der Waals surface area contributed by atoms with E-state index in [-0.39, 0.29) is 12.6 Å². The summed E-state index contributed by atoms with van der Waals surface area (Å²) >= 11 is 0. The molecule has 0 aromatic heterocycles. The van der Waals surface area contributed by atoms with Gasteiger partial charge in [-0.2, -0.15) is 0 Å². The van der Waals surface area contributed by atoms with Crippen molar-refractivity contribution < 1.29 is 19.0 Å². The molecule has 2 aromatic carbocycles. The monoisotopic (exact) mass is 298 g/mol. The average molecular weight is 298 g/mol. The second-order valence-corrected chi connectivity index (χ2v) is 5.30. The molecule has 3 rings (SSSR count). The first-order chi connectivity index (χ1) is 10.7. The van der Waals surface area contributed by atoms with Crippen LogP contribution < -0.4 is 4.74 Å². The predicted octanol–water partition coefficient (Wildman–Crippen LogP) is 2.92. The molecule has 1 heterocycles. The summed E-state index contributed by atoms with van der Waals surface area (Å²) in [6, 6.07) is 19.1. The van der Waals surface area contributed by atoms with Crippen molar-refractivity contribution in [1.29, 1.82) is 0 Å². The van der Waals surface area contributed by atoms with Gasteiger partial charge >= 0.3 is 5.97 Å². The molecule has 1 fully saturated rings. The number of hydrogen-bond donors (Lipinski definition) is 0. The molecule has 1 aliphatic heterocycles. The van der Waals surface area contributed by atoms with Crippen molar-refractivity contribution in [2.45, 2.75) is 18.6 Å². The Morgan fingerprint density at radius 1 is 1.05 bits per heavy atom. The maximum atomic E-state index is 12.0. The van der Waals surface area contributed by atoms with Gasteiger partial charge in [0.2, 0.25) is 0 Å². The number of esters is 1. The minimum atomic E-state index is -0.571. The van der Waals surface area contributed by atoms with Crippen LogP contribution in [0.15, 0.2) is 60.7 Å². The van der Waals surface area contributed by atoms with E-state index in [0.29, 0.717) is 6.61 Å². The predicted molar refractivity (Wildman–Crippen MR) is 81.6 cm³/mol. The van der Waals surface area contributed by atoms with Gasteiger partial charge in [-0.05, 0) is 24.6 Å². The third-order valence-electron chi connectivity index (χ3n) is 3.71. The highest BCUT2D eigenvalue weighted by atomic mass is 16.7. The number of carbonyl (C=O) groups excluding carboxylic acids is 1. The van der Waals surface area contributed by atoms with E-state index in [0.717, 1.165) is 11.3 Å². The fourth-order valence-electron chi connectivity index (χ4n) is 2.37. The van der Waals surface area contributed by atoms with Gasteiger partial charge in [0, 0.05) is 0 Å². The number of epoxide rings is 1. The molecule has 22 heavy (non-hydrogen) atoms. The summed E-state index contributed by atoms with van der Waals surface area (Å²) in [5.41, 5.74) is 0.413. The van der Waals surface area contributed by atoms with E-state index in [1.54, 1.807) is 0 Å². The van der Waals surface area contributed by atoms with Crippen molar-refractivity contribution in [3.8, 4) is 5.75 Å². The van der Waals surface area contributed by atoms with Crippen LogP contribution in [0, 0.1) is 0 Å². The zero-order chi connectivity index (χ0) is 15.4. The van der Waals surface area contributed by atoms with E-state index in [1.165, 1.54) is 0 Å². The molecule has 1 saturated heterocycles. The molecule has 4 heteroatoms. The topological polar surface area (TPSA) is 48.1 Å². The summed E-state index contributed by atoms with van der Waals surface area (Å²) in [6.45, 7) is 2.43. The Bertz CT molecular complexity index is 626. The molecule has 114 valence electrons. The second kappa shape index (κ2) is 6.20. The second-order valence-electron chi connectivity index (χ2n) is 5.30. The molecule has 0 radical (unpaired) electrons. The molecular weight excluding hydrogens is 280 g/mol. The van der Waals surface area contributed by atoms with Crippen LogP contribution in [0.3, 0.4) is 0 Å². The van der Waals surface area contributed by atoms with Crippen LogP contribution in [0.1, 0.15) is 12.5 Å². The van der Waals surface area contributed by atoms with Gasteiger partial charge in [0.05, 0.1) is 0 Å². The molecule has 0 aliphatic carbocycles. The first-order valence-corrected chi connectivity index (χ1v) is 7.28. The summed E-state index contributed by atoms with van der Waals surface area (Å²) in [5.74, 6) is 0.415. The molecule has 2 unspecified atom stereocenters. The number of carbonyl (C=O) groups is 1. The molecular formula is C18H18O4. The minimum Gasteiger partial charge on any atom is -0.490 e. The highest BCUT2D eigenvalue weighted by Gasteiger charge is 2.59. The smallest absolute Gasteiger partial charge is 0.338 e. The number of para-hydroxylation sites is 1. The zero-order valence-corrected chi connectivity index (χ0v) is 12.4. The Balaban J connectivity index is 1.44. The van der Waals surface area contributed by atoms with Crippen LogP contribution in [-0.2, 0) is 19.9 Å². The lowest BCUT2D eigenvalue weighted by molar-refractivity contribution is -0.145. The van der Waals surface area contributed by atoms with E-state index >= 15 is 0 Å². The summed E-state index contributed by atoms with van der Waals surface area (Å²) in [7, 11) is 0. The lowest BCUT2D eigenvalue weighted by Crippen LogP contribution is -2.21. The maximum Gasteiger partial charge on any atom is 0.338 e. The van der Waals surface area contributed by atoms with Crippen LogP contribution in [0.5, 0.6) is 5.75 Å². The third-order valence-corrected chi connectivity index (χ3v) is 3.71. The Hall–Kier alpha value is -2.33. The highest BCUT2D eigenvalue weighted by Crippen LogP contribution is 2.46. The van der Waals surface area contributed by atoms with Crippen molar-refractivity contribution in [3.05, 3.63) is 66.2 Å². The van der Waals surface area contributed by atoms with Crippen LogP contribution in [0.25, 0.3) is 0 Å². The van der Waals surface area contributed by atoms with Gasteiger partial charge in [0.25, 0.3) is 0 Å². The molecule has 0 N–H and O–H groups in total. The van der Waals surface area contributed by atoms with E-state index in [1.807, 2.05) is 67.6 Å². The van der Waals surface area contributed by atoms with Gasteiger partial charge in [-0.15, -0.1) is 0 Å². The van der Waals surface area contributed by atoms with Crippen molar-refractivity contribution in [2.24, 2.45) is 0 Å². The zero-order valence-electron chi connectivity index (χ0n) is 12.4. The Labute approximate surface area is 129 Å². The quantitative estimate of drug-likeness (QED) is 0.467. The minimum absolute atomic E-state index is 0.207. The van der Waals surface area contributed by atoms with Gasteiger partial charge in [0.1, 0.15) is 24.6 Å². The Morgan fingerprint density at radius 3 is 2.36 bits per heavy atom. The van der Waals surface area contributed by atoms with Crippen molar-refractivity contribution in [2.75, 3.05) is 13.2 Å². The summed E-state index contributed by atoms with van der Waals surface area (Å²) < 4.78 is 16.2. The molecule has 1 aliphatic rings. The number of ether oxygens (including phenoxy) is 3. The largest absolute Gasteiger partial charge is 0.490 e. The van der Waals surface area contributed by atoms with Gasteiger partial charge in [-0.1, -0.05) is 48.5 Å². The van der Waals surface area contributed by atoms with Crippen molar-refractivity contribution in [3.63, 3.8) is 0 Å². The van der Waals surface area contributed by atoms with Crippen molar-refractivity contribution in [1.82, 2.24) is 0 Å². The summed E-state index contributed by atoms with van der Waals surface area (Å²) in [6.07, 6.45) is -0.536. The molecule has 2 atom stereocenters. The number of hydrogen-bond acceptors (Lipinski definition) is 4. The van der Waals surface area contributed by atoms with Crippen LogP contribution >= 0.6 is 0 Å². The lowest BCUT2D eigenvalue weighted by Gasteiger charge is -2.08. The van der Waals surface area contributed by atoms with Gasteiger partial charge < -0.3 is 14.2 Å².